The number of hydrogen-bond acceptors (Lipinski definition) is 6. The second-order valence-electron chi connectivity index (χ2n) is 6.51. The lowest BCUT2D eigenvalue weighted by atomic mass is 10.2. The first-order valence-electron chi connectivity index (χ1n) is 8.78. The molecule has 0 bridgehead atoms. The summed E-state index contributed by atoms with van der Waals surface area (Å²) in [6.45, 7) is 7.14. The Morgan fingerprint density at radius 2 is 1.85 bits per heavy atom. The van der Waals surface area contributed by atoms with Gasteiger partial charge in [-0.15, -0.1) is 21.5 Å². The van der Waals surface area contributed by atoms with Crippen molar-refractivity contribution in [3.8, 4) is 11.5 Å². The van der Waals surface area contributed by atoms with Crippen LogP contribution in [0.2, 0.25) is 4.34 Å². The van der Waals surface area contributed by atoms with Gasteiger partial charge in [0, 0.05) is 43.2 Å². The second-order valence-corrected chi connectivity index (χ2v) is 8.31. The molecule has 1 aliphatic rings. The van der Waals surface area contributed by atoms with Gasteiger partial charge in [-0.05, 0) is 31.2 Å². The average Bonchev–Trinajstić information content (AvgIpc) is 3.32. The minimum absolute atomic E-state index is 0.123. The quantitative estimate of drug-likeness (QED) is 0.651. The van der Waals surface area contributed by atoms with E-state index in [1.54, 1.807) is 11.3 Å². The fraction of sp³-hybridized carbons (Fsp3) is 0.368. The molecular weight excluding hydrogens is 368 g/mol. The molecule has 3 aromatic rings. The zero-order chi connectivity index (χ0) is 17.9. The van der Waals surface area contributed by atoms with Gasteiger partial charge in [-0.1, -0.05) is 29.8 Å². The lowest BCUT2D eigenvalue weighted by Crippen LogP contribution is -2.46. The summed E-state index contributed by atoms with van der Waals surface area (Å²) in [5.74, 6) is 1.27. The van der Waals surface area contributed by atoms with Crippen molar-refractivity contribution in [3.05, 3.63) is 57.6 Å². The third-order valence-corrected chi connectivity index (χ3v) is 6.00. The number of benzene rings is 1. The van der Waals surface area contributed by atoms with Crippen molar-refractivity contribution in [2.45, 2.75) is 19.5 Å². The minimum Gasteiger partial charge on any atom is -0.419 e. The summed E-state index contributed by atoms with van der Waals surface area (Å²) in [5.41, 5.74) is 0.956. The lowest BCUT2D eigenvalue weighted by Gasteiger charge is -2.36. The minimum atomic E-state index is 0.123. The Hall–Kier alpha value is -1.73. The molecule has 26 heavy (non-hydrogen) atoms. The lowest BCUT2D eigenvalue weighted by molar-refractivity contribution is 0.0881. The van der Waals surface area contributed by atoms with Crippen molar-refractivity contribution in [2.75, 3.05) is 26.2 Å². The zero-order valence-electron chi connectivity index (χ0n) is 14.6. The highest BCUT2D eigenvalue weighted by Crippen LogP contribution is 2.26. The summed E-state index contributed by atoms with van der Waals surface area (Å²) in [4.78, 5) is 6.19. The fourth-order valence-electron chi connectivity index (χ4n) is 3.22. The molecule has 1 unspecified atom stereocenters. The molecule has 1 fully saturated rings. The first-order chi connectivity index (χ1) is 12.7. The Balaban J connectivity index is 1.35. The van der Waals surface area contributed by atoms with Gasteiger partial charge in [-0.25, -0.2) is 0 Å². The van der Waals surface area contributed by atoms with Gasteiger partial charge in [0.25, 0.3) is 0 Å². The van der Waals surface area contributed by atoms with Crippen LogP contribution in [0, 0.1) is 0 Å². The Labute approximate surface area is 162 Å². The molecule has 1 atom stereocenters. The Bertz CT molecular complexity index is 842. The highest BCUT2D eigenvalue weighted by Gasteiger charge is 2.26. The van der Waals surface area contributed by atoms with Crippen LogP contribution < -0.4 is 0 Å². The van der Waals surface area contributed by atoms with Crippen LogP contribution in [-0.2, 0) is 6.54 Å². The summed E-state index contributed by atoms with van der Waals surface area (Å²) >= 11 is 7.69. The molecule has 0 spiro atoms. The third kappa shape index (κ3) is 3.99. The molecule has 1 aromatic carbocycles. The van der Waals surface area contributed by atoms with E-state index in [1.165, 1.54) is 4.88 Å². The maximum absolute atomic E-state index is 6.03. The van der Waals surface area contributed by atoms with Crippen LogP contribution in [0.4, 0.5) is 0 Å². The van der Waals surface area contributed by atoms with Gasteiger partial charge in [-0.2, -0.15) is 0 Å². The van der Waals surface area contributed by atoms with Crippen molar-refractivity contribution < 1.29 is 4.42 Å². The van der Waals surface area contributed by atoms with E-state index >= 15 is 0 Å². The maximum Gasteiger partial charge on any atom is 0.247 e. The summed E-state index contributed by atoms with van der Waals surface area (Å²) in [7, 11) is 0. The van der Waals surface area contributed by atoms with Crippen molar-refractivity contribution >= 4 is 22.9 Å². The van der Waals surface area contributed by atoms with E-state index in [0.29, 0.717) is 11.8 Å². The normalized spacial score (nSPS) is 17.5. The molecular formula is C19H21ClN4OS. The average molecular weight is 389 g/mol. The molecule has 0 N–H and O–H groups in total. The van der Waals surface area contributed by atoms with Gasteiger partial charge in [0.05, 0.1) is 10.4 Å². The van der Waals surface area contributed by atoms with E-state index in [1.807, 2.05) is 36.4 Å². The van der Waals surface area contributed by atoms with E-state index in [0.717, 1.165) is 42.6 Å². The summed E-state index contributed by atoms with van der Waals surface area (Å²) < 4.78 is 6.78. The van der Waals surface area contributed by atoms with E-state index in [4.69, 9.17) is 16.0 Å². The topological polar surface area (TPSA) is 45.4 Å². The first-order valence-corrected chi connectivity index (χ1v) is 9.98. The molecule has 136 valence electrons. The van der Waals surface area contributed by atoms with Crippen LogP contribution in [0.15, 0.2) is 46.9 Å². The smallest absolute Gasteiger partial charge is 0.247 e. The molecule has 3 heterocycles. The van der Waals surface area contributed by atoms with Gasteiger partial charge >= 0.3 is 0 Å². The standard InChI is InChI=1S/C19H21ClN4OS/c1-14(18-21-22-19(25-18)15-5-3-2-4-6-15)24-11-9-23(10-12-24)13-16-7-8-17(20)26-16/h2-8,14H,9-13H2,1H3. The van der Waals surface area contributed by atoms with Gasteiger partial charge in [0.1, 0.15) is 0 Å². The van der Waals surface area contributed by atoms with Crippen molar-refractivity contribution in [1.82, 2.24) is 20.0 Å². The first kappa shape index (κ1) is 17.7. The SMILES string of the molecule is CC(c1nnc(-c2ccccc2)o1)N1CCN(Cc2ccc(Cl)s2)CC1. The Morgan fingerprint density at radius 3 is 2.54 bits per heavy atom. The second kappa shape index (κ2) is 7.88. The monoisotopic (exact) mass is 388 g/mol. The molecule has 0 radical (unpaired) electrons. The van der Waals surface area contributed by atoms with Crippen molar-refractivity contribution in [2.24, 2.45) is 0 Å². The van der Waals surface area contributed by atoms with Crippen LogP contribution in [0.5, 0.6) is 0 Å². The van der Waals surface area contributed by atoms with Crippen LogP contribution >= 0.6 is 22.9 Å². The van der Waals surface area contributed by atoms with Crippen molar-refractivity contribution in [3.63, 3.8) is 0 Å². The molecule has 7 heteroatoms. The highest BCUT2D eigenvalue weighted by molar-refractivity contribution is 7.16. The number of nitrogens with zero attached hydrogens (tertiary/aromatic N) is 4. The predicted octanol–water partition coefficient (Wildman–Crippen LogP) is 4.33. The molecule has 5 nitrogen and oxygen atoms in total. The van der Waals surface area contributed by atoms with Crippen LogP contribution in [0.1, 0.15) is 23.7 Å². The van der Waals surface area contributed by atoms with Crippen LogP contribution in [0.3, 0.4) is 0 Å². The molecule has 1 saturated heterocycles. The summed E-state index contributed by atoms with van der Waals surface area (Å²) in [6, 6.07) is 14.1. The van der Waals surface area contributed by atoms with Gasteiger partial charge in [0.15, 0.2) is 0 Å². The van der Waals surface area contributed by atoms with Crippen LogP contribution in [0.25, 0.3) is 11.5 Å². The number of halogens is 1. The largest absolute Gasteiger partial charge is 0.419 e. The molecule has 4 rings (SSSR count). The Kier molecular flexibility index (Phi) is 5.36. The maximum atomic E-state index is 6.03. The summed E-state index contributed by atoms with van der Waals surface area (Å²) in [5, 5.41) is 8.48. The van der Waals surface area contributed by atoms with E-state index < -0.39 is 0 Å². The van der Waals surface area contributed by atoms with E-state index in [-0.39, 0.29) is 6.04 Å². The molecule has 0 aliphatic carbocycles. The molecule has 2 aromatic heterocycles. The van der Waals surface area contributed by atoms with Crippen LogP contribution in [-0.4, -0.2) is 46.2 Å². The fourth-order valence-corrected chi connectivity index (χ4v) is 4.35. The molecule has 1 aliphatic heterocycles. The third-order valence-electron chi connectivity index (χ3n) is 4.78. The van der Waals surface area contributed by atoms with Gasteiger partial charge < -0.3 is 4.42 Å². The highest BCUT2D eigenvalue weighted by atomic mass is 35.5. The Morgan fingerprint density at radius 1 is 1.08 bits per heavy atom. The predicted molar refractivity (Wildman–Crippen MR) is 104 cm³/mol. The van der Waals surface area contributed by atoms with E-state index in [2.05, 4.69) is 33.0 Å². The number of rotatable bonds is 5. The number of thiophene rings is 1. The van der Waals surface area contributed by atoms with Gasteiger partial charge in [0.2, 0.25) is 11.8 Å². The number of piperazine rings is 1. The van der Waals surface area contributed by atoms with Crippen molar-refractivity contribution in [1.29, 1.82) is 0 Å². The zero-order valence-corrected chi connectivity index (χ0v) is 16.2. The molecule has 0 amide bonds. The number of hydrogen-bond donors (Lipinski definition) is 0. The number of aromatic nitrogens is 2. The van der Waals surface area contributed by atoms with E-state index in [9.17, 15) is 0 Å². The summed E-state index contributed by atoms with van der Waals surface area (Å²) in [6.07, 6.45) is 0. The molecule has 0 saturated carbocycles. The van der Waals surface area contributed by atoms with Gasteiger partial charge in [-0.3, -0.25) is 9.80 Å².